The molecule has 1 atom stereocenters. The zero-order valence-electron chi connectivity index (χ0n) is 17.8. The van der Waals surface area contributed by atoms with Gasteiger partial charge in [0.1, 0.15) is 11.9 Å². The Bertz CT molecular complexity index is 838. The van der Waals surface area contributed by atoms with Crippen molar-refractivity contribution in [2.75, 3.05) is 44.6 Å². The lowest BCUT2D eigenvalue weighted by atomic mass is 10.1. The summed E-state index contributed by atoms with van der Waals surface area (Å²) in [6, 6.07) is 7.97. The molecular weight excluding hydrogens is 366 g/mol. The molecule has 2 aromatic rings. The van der Waals surface area contributed by atoms with Crippen molar-refractivity contribution in [1.82, 2.24) is 19.8 Å². The molecule has 3 heterocycles. The Hall–Kier alpha value is -2.51. The lowest BCUT2D eigenvalue weighted by Crippen LogP contribution is -2.45. The first-order chi connectivity index (χ1) is 14.0. The van der Waals surface area contributed by atoms with Crippen molar-refractivity contribution in [3.8, 4) is 0 Å². The van der Waals surface area contributed by atoms with Gasteiger partial charge in [0.25, 0.3) is 0 Å². The maximum Gasteiger partial charge on any atom is 0.236 e. The highest BCUT2D eigenvalue weighted by molar-refractivity contribution is 5.78. The van der Waals surface area contributed by atoms with E-state index < -0.39 is 0 Å². The Morgan fingerprint density at radius 2 is 2.10 bits per heavy atom. The molecule has 1 N–H and O–H groups in total. The number of carbonyl (C=O) groups excluding carboxylic acids is 1. The van der Waals surface area contributed by atoms with E-state index in [1.807, 2.05) is 56.9 Å². The van der Waals surface area contributed by atoms with Crippen LogP contribution in [0.25, 0.3) is 0 Å². The van der Waals surface area contributed by atoms with Crippen molar-refractivity contribution in [2.45, 2.75) is 33.8 Å². The maximum atomic E-state index is 12.5. The van der Waals surface area contributed by atoms with Crippen LogP contribution < -0.4 is 5.32 Å². The SMILES string of the molecule is CCN(CC)C(=O)CN1CCO[C@H](c2cc(Nc3ncccc3C)cc(C)n2)C1. The van der Waals surface area contributed by atoms with Gasteiger partial charge in [-0.3, -0.25) is 14.7 Å². The van der Waals surface area contributed by atoms with E-state index in [1.165, 1.54) is 0 Å². The summed E-state index contributed by atoms with van der Waals surface area (Å²) in [5.41, 5.74) is 3.81. The van der Waals surface area contributed by atoms with Crippen LogP contribution in [0.3, 0.4) is 0 Å². The van der Waals surface area contributed by atoms with Gasteiger partial charge in [0.05, 0.1) is 18.8 Å². The maximum absolute atomic E-state index is 12.5. The summed E-state index contributed by atoms with van der Waals surface area (Å²) in [4.78, 5) is 25.6. The van der Waals surface area contributed by atoms with Crippen molar-refractivity contribution in [1.29, 1.82) is 0 Å². The molecule has 0 saturated carbocycles. The summed E-state index contributed by atoms with van der Waals surface area (Å²) in [5.74, 6) is 1.00. The largest absolute Gasteiger partial charge is 0.369 e. The fourth-order valence-corrected chi connectivity index (χ4v) is 3.58. The Labute approximate surface area is 173 Å². The van der Waals surface area contributed by atoms with Gasteiger partial charge in [0, 0.05) is 43.8 Å². The Morgan fingerprint density at radius 3 is 2.83 bits per heavy atom. The minimum absolute atomic E-state index is 0.154. The number of aromatic nitrogens is 2. The van der Waals surface area contributed by atoms with Gasteiger partial charge in [-0.2, -0.15) is 0 Å². The van der Waals surface area contributed by atoms with Crippen LogP contribution in [0.1, 0.15) is 36.9 Å². The third-order valence-corrected chi connectivity index (χ3v) is 5.20. The smallest absolute Gasteiger partial charge is 0.236 e. The van der Waals surface area contributed by atoms with Crippen molar-refractivity contribution in [2.24, 2.45) is 0 Å². The molecule has 2 aromatic heterocycles. The standard InChI is InChI=1S/C22H31N5O2/c1-5-27(6-2)21(28)15-26-10-11-29-20(14-26)19-13-18(12-17(4)24-19)25-22-16(3)8-7-9-23-22/h7-9,12-13,20H,5-6,10-11,14-15H2,1-4H3,(H,23,24,25)/t20-/m0/s1. The van der Waals surface area contributed by atoms with E-state index >= 15 is 0 Å². The molecule has 0 unspecified atom stereocenters. The zero-order valence-corrected chi connectivity index (χ0v) is 17.8. The molecule has 0 aromatic carbocycles. The molecule has 3 rings (SSSR count). The number of amides is 1. The summed E-state index contributed by atoms with van der Waals surface area (Å²) in [6.07, 6.45) is 1.62. The van der Waals surface area contributed by atoms with E-state index in [-0.39, 0.29) is 12.0 Å². The van der Waals surface area contributed by atoms with Crippen LogP contribution in [0.2, 0.25) is 0 Å². The topological polar surface area (TPSA) is 70.6 Å². The molecule has 1 fully saturated rings. The predicted octanol–water partition coefficient (Wildman–Crippen LogP) is 3.08. The van der Waals surface area contributed by atoms with Gasteiger partial charge in [0.2, 0.25) is 5.91 Å². The van der Waals surface area contributed by atoms with E-state index in [4.69, 9.17) is 9.72 Å². The fraction of sp³-hybridized carbons (Fsp3) is 0.500. The third kappa shape index (κ3) is 5.52. The average Bonchev–Trinajstić information content (AvgIpc) is 2.70. The molecule has 0 radical (unpaired) electrons. The van der Waals surface area contributed by atoms with Crippen LogP contribution in [0.4, 0.5) is 11.5 Å². The number of nitrogens with zero attached hydrogens (tertiary/aromatic N) is 4. The van der Waals surface area contributed by atoms with E-state index in [9.17, 15) is 4.79 Å². The number of anilines is 2. The van der Waals surface area contributed by atoms with Gasteiger partial charge < -0.3 is 15.0 Å². The van der Waals surface area contributed by atoms with Gasteiger partial charge in [-0.15, -0.1) is 0 Å². The third-order valence-electron chi connectivity index (χ3n) is 5.20. The van der Waals surface area contributed by atoms with Gasteiger partial charge in [-0.05, 0) is 51.5 Å². The van der Waals surface area contributed by atoms with Gasteiger partial charge in [-0.25, -0.2) is 4.98 Å². The van der Waals surface area contributed by atoms with Crippen LogP contribution in [-0.2, 0) is 9.53 Å². The van der Waals surface area contributed by atoms with E-state index in [0.717, 1.165) is 48.1 Å². The van der Waals surface area contributed by atoms with Crippen LogP contribution in [0.5, 0.6) is 0 Å². The summed E-state index contributed by atoms with van der Waals surface area (Å²) >= 11 is 0. The van der Waals surface area contributed by atoms with E-state index in [0.29, 0.717) is 19.7 Å². The molecule has 1 aliphatic heterocycles. The number of aryl methyl sites for hydroxylation is 2. The highest BCUT2D eigenvalue weighted by Crippen LogP contribution is 2.26. The molecule has 0 aliphatic carbocycles. The number of carbonyl (C=O) groups is 1. The van der Waals surface area contributed by atoms with Crippen molar-refractivity contribution >= 4 is 17.4 Å². The molecule has 7 heteroatoms. The monoisotopic (exact) mass is 397 g/mol. The summed E-state index contributed by atoms with van der Waals surface area (Å²) < 4.78 is 6.00. The number of hydrogen-bond acceptors (Lipinski definition) is 6. The highest BCUT2D eigenvalue weighted by atomic mass is 16.5. The van der Waals surface area contributed by atoms with Crippen molar-refractivity contribution in [3.05, 3.63) is 47.4 Å². The molecule has 1 aliphatic rings. The summed E-state index contributed by atoms with van der Waals surface area (Å²) in [7, 11) is 0. The molecule has 156 valence electrons. The number of pyridine rings is 2. The van der Waals surface area contributed by atoms with Gasteiger partial charge in [0.15, 0.2) is 0 Å². The second-order valence-electron chi connectivity index (χ2n) is 7.38. The first kappa shape index (κ1) is 21.2. The van der Waals surface area contributed by atoms with Crippen molar-refractivity contribution < 1.29 is 9.53 Å². The van der Waals surface area contributed by atoms with E-state index in [1.54, 1.807) is 6.20 Å². The molecule has 29 heavy (non-hydrogen) atoms. The zero-order chi connectivity index (χ0) is 20.8. The molecule has 0 bridgehead atoms. The lowest BCUT2D eigenvalue weighted by Gasteiger charge is -2.33. The average molecular weight is 398 g/mol. The highest BCUT2D eigenvalue weighted by Gasteiger charge is 2.26. The molecule has 1 saturated heterocycles. The number of morpholine rings is 1. The van der Waals surface area contributed by atoms with Gasteiger partial charge >= 0.3 is 0 Å². The quantitative estimate of drug-likeness (QED) is 0.774. The molecule has 1 amide bonds. The first-order valence-corrected chi connectivity index (χ1v) is 10.3. The Morgan fingerprint density at radius 1 is 1.31 bits per heavy atom. The Kier molecular flexibility index (Phi) is 7.17. The number of ether oxygens (including phenoxy) is 1. The summed E-state index contributed by atoms with van der Waals surface area (Å²) in [5, 5.41) is 3.39. The van der Waals surface area contributed by atoms with Crippen LogP contribution in [-0.4, -0.2) is 65.0 Å². The minimum atomic E-state index is -0.154. The number of hydrogen-bond donors (Lipinski definition) is 1. The lowest BCUT2D eigenvalue weighted by molar-refractivity contribution is -0.134. The fourth-order valence-electron chi connectivity index (χ4n) is 3.58. The predicted molar refractivity (Wildman–Crippen MR) is 114 cm³/mol. The molecular formula is C22H31N5O2. The second kappa shape index (κ2) is 9.80. The van der Waals surface area contributed by atoms with Crippen LogP contribution in [0.15, 0.2) is 30.5 Å². The molecule has 7 nitrogen and oxygen atoms in total. The second-order valence-corrected chi connectivity index (χ2v) is 7.38. The molecule has 0 spiro atoms. The number of likely N-dealkylation sites (N-methyl/N-ethyl adjacent to an activating group) is 1. The Balaban J connectivity index is 1.72. The van der Waals surface area contributed by atoms with Crippen LogP contribution in [0, 0.1) is 13.8 Å². The number of rotatable bonds is 7. The number of nitrogens with one attached hydrogen (secondary N) is 1. The van der Waals surface area contributed by atoms with Crippen LogP contribution >= 0.6 is 0 Å². The minimum Gasteiger partial charge on any atom is -0.369 e. The summed E-state index contributed by atoms with van der Waals surface area (Å²) in [6.45, 7) is 11.9. The van der Waals surface area contributed by atoms with Crippen molar-refractivity contribution in [3.63, 3.8) is 0 Å². The first-order valence-electron chi connectivity index (χ1n) is 10.3. The van der Waals surface area contributed by atoms with Gasteiger partial charge in [-0.1, -0.05) is 6.07 Å². The van der Waals surface area contributed by atoms with E-state index in [2.05, 4.69) is 15.2 Å². The normalized spacial score (nSPS) is 17.2.